The standard InChI is InChI=1S/C17H18N4O2S2/c1-10-11(2)25-17-15(10)16(23)20-12(21-17)6-8-18-13(22)9-24-14-5-3-4-7-19-14/h3-5,7H,6,8-9H2,1-2H3,(H,18,22)(H,20,21,23). The van der Waals surface area contributed by atoms with E-state index in [1.54, 1.807) is 6.20 Å². The second kappa shape index (κ2) is 7.79. The van der Waals surface area contributed by atoms with Crippen LogP contribution in [-0.2, 0) is 11.2 Å². The van der Waals surface area contributed by atoms with Gasteiger partial charge in [-0.3, -0.25) is 9.59 Å². The number of H-pyrrole nitrogens is 1. The number of nitrogens with zero attached hydrogens (tertiary/aromatic N) is 2. The van der Waals surface area contributed by atoms with Crippen molar-refractivity contribution in [1.29, 1.82) is 0 Å². The monoisotopic (exact) mass is 374 g/mol. The van der Waals surface area contributed by atoms with Crippen LogP contribution in [-0.4, -0.2) is 33.2 Å². The van der Waals surface area contributed by atoms with Crippen molar-refractivity contribution in [2.45, 2.75) is 25.3 Å². The molecular formula is C17H18N4O2S2. The summed E-state index contributed by atoms with van der Waals surface area (Å²) in [6, 6.07) is 5.59. The third-order valence-electron chi connectivity index (χ3n) is 3.76. The van der Waals surface area contributed by atoms with E-state index >= 15 is 0 Å². The van der Waals surface area contributed by atoms with Crippen molar-refractivity contribution >= 4 is 39.2 Å². The molecular weight excluding hydrogens is 356 g/mol. The van der Waals surface area contributed by atoms with Gasteiger partial charge in [0.2, 0.25) is 5.91 Å². The van der Waals surface area contributed by atoms with Crippen LogP contribution in [0, 0.1) is 13.8 Å². The molecule has 3 heterocycles. The van der Waals surface area contributed by atoms with Crippen LogP contribution < -0.4 is 10.9 Å². The van der Waals surface area contributed by atoms with E-state index in [9.17, 15) is 9.59 Å². The summed E-state index contributed by atoms with van der Waals surface area (Å²) < 4.78 is 0. The van der Waals surface area contributed by atoms with Crippen molar-refractivity contribution < 1.29 is 4.79 Å². The van der Waals surface area contributed by atoms with Crippen LogP contribution in [0.4, 0.5) is 0 Å². The Hall–Kier alpha value is -2.19. The topological polar surface area (TPSA) is 87.7 Å². The number of pyridine rings is 1. The number of thiophene rings is 1. The van der Waals surface area contributed by atoms with Gasteiger partial charge in [-0.05, 0) is 31.5 Å². The van der Waals surface area contributed by atoms with Gasteiger partial charge >= 0.3 is 0 Å². The zero-order valence-corrected chi connectivity index (χ0v) is 15.6. The molecule has 0 saturated heterocycles. The molecule has 2 N–H and O–H groups in total. The zero-order valence-electron chi connectivity index (χ0n) is 14.0. The number of rotatable bonds is 6. The first kappa shape index (κ1) is 17.6. The molecule has 0 aliphatic rings. The van der Waals surface area contributed by atoms with E-state index in [0.29, 0.717) is 29.9 Å². The summed E-state index contributed by atoms with van der Waals surface area (Å²) in [6.07, 6.45) is 2.19. The average molecular weight is 374 g/mol. The third kappa shape index (κ3) is 4.26. The Bertz CT molecular complexity index is 950. The van der Waals surface area contributed by atoms with E-state index in [1.165, 1.54) is 23.1 Å². The summed E-state index contributed by atoms with van der Waals surface area (Å²) in [7, 11) is 0. The Morgan fingerprint density at radius 2 is 2.20 bits per heavy atom. The molecule has 0 aromatic carbocycles. The summed E-state index contributed by atoms with van der Waals surface area (Å²) in [5.41, 5.74) is 0.874. The Morgan fingerprint density at radius 3 is 2.96 bits per heavy atom. The van der Waals surface area contributed by atoms with Crippen LogP contribution in [0.5, 0.6) is 0 Å². The van der Waals surface area contributed by atoms with E-state index in [2.05, 4.69) is 20.3 Å². The second-order valence-corrected chi connectivity index (χ2v) is 7.73. The normalized spacial score (nSPS) is 11.0. The molecule has 3 aromatic rings. The molecule has 0 unspecified atom stereocenters. The SMILES string of the molecule is Cc1sc2nc(CCNC(=O)CSc3ccccn3)[nH]c(=O)c2c1C. The minimum absolute atomic E-state index is 0.0677. The highest BCUT2D eigenvalue weighted by Gasteiger charge is 2.12. The number of hydrogen-bond acceptors (Lipinski definition) is 6. The van der Waals surface area contributed by atoms with Gasteiger partial charge < -0.3 is 10.3 Å². The van der Waals surface area contributed by atoms with E-state index in [0.717, 1.165) is 20.3 Å². The number of hydrogen-bond donors (Lipinski definition) is 2. The number of carbonyl (C=O) groups excluding carboxylic acids is 1. The number of aryl methyl sites for hydroxylation is 2. The minimum atomic E-state index is -0.112. The lowest BCUT2D eigenvalue weighted by Gasteiger charge is -2.05. The molecule has 6 nitrogen and oxygen atoms in total. The number of carbonyl (C=O) groups is 1. The van der Waals surface area contributed by atoms with Gasteiger partial charge in [0.25, 0.3) is 5.56 Å². The highest BCUT2D eigenvalue weighted by atomic mass is 32.2. The Kier molecular flexibility index (Phi) is 5.50. The molecule has 0 aliphatic heterocycles. The van der Waals surface area contributed by atoms with Gasteiger partial charge in [0.15, 0.2) is 0 Å². The zero-order chi connectivity index (χ0) is 17.8. The van der Waals surface area contributed by atoms with Crippen LogP contribution in [0.15, 0.2) is 34.2 Å². The summed E-state index contributed by atoms with van der Waals surface area (Å²) >= 11 is 2.91. The number of aromatic amines is 1. The van der Waals surface area contributed by atoms with Crippen LogP contribution >= 0.6 is 23.1 Å². The van der Waals surface area contributed by atoms with Crippen molar-refractivity contribution in [3.8, 4) is 0 Å². The summed E-state index contributed by atoms with van der Waals surface area (Å²) in [5, 5.41) is 4.33. The highest BCUT2D eigenvalue weighted by molar-refractivity contribution is 7.99. The number of nitrogens with one attached hydrogen (secondary N) is 2. The fourth-order valence-corrected chi connectivity index (χ4v) is 4.10. The van der Waals surface area contributed by atoms with Gasteiger partial charge in [-0.15, -0.1) is 11.3 Å². The van der Waals surface area contributed by atoms with Gasteiger partial charge in [-0.25, -0.2) is 9.97 Å². The molecule has 130 valence electrons. The van der Waals surface area contributed by atoms with Crippen LogP contribution in [0.25, 0.3) is 10.2 Å². The van der Waals surface area contributed by atoms with E-state index < -0.39 is 0 Å². The molecule has 25 heavy (non-hydrogen) atoms. The first-order valence-electron chi connectivity index (χ1n) is 7.84. The van der Waals surface area contributed by atoms with Gasteiger partial charge in [-0.2, -0.15) is 0 Å². The predicted octanol–water partition coefficient (Wildman–Crippen LogP) is 2.45. The van der Waals surface area contributed by atoms with Crippen molar-refractivity contribution in [2.75, 3.05) is 12.3 Å². The van der Waals surface area contributed by atoms with Crippen LogP contribution in [0.2, 0.25) is 0 Å². The first-order chi connectivity index (χ1) is 12.0. The second-order valence-electron chi connectivity index (χ2n) is 5.53. The van der Waals surface area contributed by atoms with E-state index in [4.69, 9.17) is 0 Å². The number of amides is 1. The molecule has 3 aromatic heterocycles. The molecule has 0 radical (unpaired) electrons. The van der Waals surface area contributed by atoms with E-state index in [1.807, 2.05) is 32.0 Å². The summed E-state index contributed by atoms with van der Waals surface area (Å²) in [4.78, 5) is 37.4. The van der Waals surface area contributed by atoms with Crippen molar-refractivity contribution in [2.24, 2.45) is 0 Å². The fourth-order valence-electron chi connectivity index (χ4n) is 2.36. The summed E-state index contributed by atoms with van der Waals surface area (Å²) in [5.74, 6) is 0.835. The Labute approximate surface area is 153 Å². The van der Waals surface area contributed by atoms with Gasteiger partial charge in [-0.1, -0.05) is 17.8 Å². The van der Waals surface area contributed by atoms with Crippen LogP contribution in [0.3, 0.4) is 0 Å². The van der Waals surface area contributed by atoms with Gasteiger partial charge in [0.05, 0.1) is 16.2 Å². The Morgan fingerprint density at radius 1 is 1.36 bits per heavy atom. The maximum absolute atomic E-state index is 12.2. The molecule has 3 rings (SSSR count). The lowest BCUT2D eigenvalue weighted by Crippen LogP contribution is -2.28. The molecule has 1 amide bonds. The maximum atomic E-state index is 12.2. The minimum Gasteiger partial charge on any atom is -0.355 e. The molecule has 0 fully saturated rings. The fraction of sp³-hybridized carbons (Fsp3) is 0.294. The molecule has 0 spiro atoms. The highest BCUT2D eigenvalue weighted by Crippen LogP contribution is 2.25. The molecule has 0 bridgehead atoms. The van der Waals surface area contributed by atoms with Crippen molar-refractivity contribution in [1.82, 2.24) is 20.3 Å². The van der Waals surface area contributed by atoms with Crippen molar-refractivity contribution in [3.63, 3.8) is 0 Å². The van der Waals surface area contributed by atoms with Crippen LogP contribution in [0.1, 0.15) is 16.3 Å². The molecule has 0 atom stereocenters. The third-order valence-corrected chi connectivity index (χ3v) is 5.81. The number of thioether (sulfide) groups is 1. The lowest BCUT2D eigenvalue weighted by atomic mass is 10.2. The molecule has 8 heteroatoms. The Balaban J connectivity index is 1.54. The quantitative estimate of drug-likeness (QED) is 0.647. The molecule has 0 aliphatic carbocycles. The smallest absolute Gasteiger partial charge is 0.259 e. The number of aromatic nitrogens is 3. The van der Waals surface area contributed by atoms with Crippen molar-refractivity contribution in [3.05, 3.63) is 51.0 Å². The first-order valence-corrected chi connectivity index (χ1v) is 9.64. The summed E-state index contributed by atoms with van der Waals surface area (Å²) in [6.45, 7) is 4.35. The van der Waals surface area contributed by atoms with E-state index in [-0.39, 0.29) is 11.5 Å². The van der Waals surface area contributed by atoms with Gasteiger partial charge in [0.1, 0.15) is 10.7 Å². The average Bonchev–Trinajstić information content (AvgIpc) is 2.88. The maximum Gasteiger partial charge on any atom is 0.259 e. The van der Waals surface area contributed by atoms with Gasteiger partial charge in [0, 0.05) is 24.0 Å². The number of fused-ring (bicyclic) bond motifs is 1. The largest absolute Gasteiger partial charge is 0.355 e. The lowest BCUT2D eigenvalue weighted by molar-refractivity contribution is -0.118. The molecule has 0 saturated carbocycles. The predicted molar refractivity (Wildman–Crippen MR) is 101 cm³/mol.